The minimum atomic E-state index is -3.01. The molecule has 0 N–H and O–H groups in total. The molecule has 158 valence electrons. The average molecular weight is 494 g/mol. The van der Waals surface area contributed by atoms with Crippen LogP contribution in [0.15, 0.2) is 16.6 Å². The molecule has 0 aliphatic carbocycles. The number of carbonyl (C=O) groups excluding carboxylic acids is 1. The van der Waals surface area contributed by atoms with Crippen molar-refractivity contribution in [3.8, 4) is 11.5 Å². The standard InChI is InChI=1S/C19H28BrNO5S2/c1-4-21(15-7-8-28(23,24)13-15)19(22)12-27-11-14-9-17(25-5-2)18(26-6-3)10-16(14)20/h9-10,15H,4-8,11-13H2,1-3H3/t15-/m0/s1. The van der Waals surface area contributed by atoms with Crippen LogP contribution in [-0.2, 0) is 20.4 Å². The van der Waals surface area contributed by atoms with Crippen LogP contribution in [0.4, 0.5) is 0 Å². The molecule has 1 saturated heterocycles. The summed E-state index contributed by atoms with van der Waals surface area (Å²) < 4.78 is 35.6. The van der Waals surface area contributed by atoms with Gasteiger partial charge >= 0.3 is 0 Å². The third kappa shape index (κ3) is 6.29. The van der Waals surface area contributed by atoms with Gasteiger partial charge in [-0.3, -0.25) is 4.79 Å². The van der Waals surface area contributed by atoms with Crippen molar-refractivity contribution in [2.75, 3.05) is 37.0 Å². The highest BCUT2D eigenvalue weighted by atomic mass is 79.9. The number of hydrogen-bond acceptors (Lipinski definition) is 6. The zero-order valence-corrected chi connectivity index (χ0v) is 19.8. The van der Waals surface area contributed by atoms with Crippen LogP contribution in [0.1, 0.15) is 32.8 Å². The molecule has 1 aromatic rings. The van der Waals surface area contributed by atoms with Gasteiger partial charge < -0.3 is 14.4 Å². The van der Waals surface area contributed by atoms with E-state index in [9.17, 15) is 13.2 Å². The molecule has 2 rings (SSSR count). The molecule has 0 aromatic heterocycles. The van der Waals surface area contributed by atoms with Crippen LogP contribution >= 0.6 is 27.7 Å². The van der Waals surface area contributed by atoms with Gasteiger partial charge in [0.25, 0.3) is 0 Å². The van der Waals surface area contributed by atoms with E-state index >= 15 is 0 Å². The number of carbonyl (C=O) groups is 1. The molecule has 0 saturated carbocycles. The van der Waals surface area contributed by atoms with Crippen molar-refractivity contribution in [3.63, 3.8) is 0 Å². The highest BCUT2D eigenvalue weighted by Gasteiger charge is 2.33. The van der Waals surface area contributed by atoms with E-state index in [0.717, 1.165) is 10.0 Å². The minimum Gasteiger partial charge on any atom is -0.490 e. The molecule has 1 aromatic carbocycles. The average Bonchev–Trinajstić information content (AvgIpc) is 2.99. The summed E-state index contributed by atoms with van der Waals surface area (Å²) in [5.41, 5.74) is 1.02. The Morgan fingerprint density at radius 2 is 1.86 bits per heavy atom. The van der Waals surface area contributed by atoms with Gasteiger partial charge in [0, 0.05) is 22.8 Å². The van der Waals surface area contributed by atoms with Gasteiger partial charge in [0.2, 0.25) is 5.91 Å². The number of thioether (sulfide) groups is 1. The first-order valence-corrected chi connectivity index (χ1v) is 13.2. The number of rotatable bonds is 10. The highest BCUT2D eigenvalue weighted by Crippen LogP contribution is 2.35. The van der Waals surface area contributed by atoms with Crippen LogP contribution in [0.5, 0.6) is 11.5 Å². The van der Waals surface area contributed by atoms with Crippen molar-refractivity contribution in [1.29, 1.82) is 0 Å². The molecule has 1 heterocycles. The maximum Gasteiger partial charge on any atom is 0.232 e. The minimum absolute atomic E-state index is 0.0123. The monoisotopic (exact) mass is 493 g/mol. The van der Waals surface area contributed by atoms with Crippen molar-refractivity contribution in [2.24, 2.45) is 0 Å². The van der Waals surface area contributed by atoms with E-state index in [0.29, 0.717) is 49.2 Å². The second-order valence-corrected chi connectivity index (χ2v) is 10.6. The summed E-state index contributed by atoms with van der Waals surface area (Å²) in [4.78, 5) is 14.3. The van der Waals surface area contributed by atoms with E-state index in [-0.39, 0.29) is 23.5 Å². The third-order valence-electron chi connectivity index (χ3n) is 4.51. The number of ether oxygens (including phenoxy) is 2. The Morgan fingerprint density at radius 1 is 1.21 bits per heavy atom. The molecule has 1 fully saturated rings. The maximum atomic E-state index is 12.6. The van der Waals surface area contributed by atoms with E-state index in [1.807, 2.05) is 32.9 Å². The number of sulfone groups is 1. The predicted molar refractivity (Wildman–Crippen MR) is 117 cm³/mol. The molecule has 0 radical (unpaired) electrons. The second-order valence-electron chi connectivity index (χ2n) is 6.49. The van der Waals surface area contributed by atoms with Crippen LogP contribution in [0.2, 0.25) is 0 Å². The summed E-state index contributed by atoms with van der Waals surface area (Å²) in [7, 11) is -3.01. The Hall–Kier alpha value is -0.930. The summed E-state index contributed by atoms with van der Waals surface area (Å²) in [5.74, 6) is 2.59. The van der Waals surface area contributed by atoms with Crippen LogP contribution in [0.25, 0.3) is 0 Å². The molecule has 0 spiro atoms. The van der Waals surface area contributed by atoms with E-state index in [2.05, 4.69) is 15.9 Å². The molecule has 1 aliphatic rings. The largest absolute Gasteiger partial charge is 0.490 e. The smallest absolute Gasteiger partial charge is 0.232 e. The summed E-state index contributed by atoms with van der Waals surface area (Å²) in [6.45, 7) is 7.37. The van der Waals surface area contributed by atoms with Gasteiger partial charge in [-0.2, -0.15) is 0 Å². The fourth-order valence-corrected chi connectivity index (χ4v) is 6.50. The second kappa shape index (κ2) is 10.7. The van der Waals surface area contributed by atoms with Crippen LogP contribution in [0, 0.1) is 0 Å². The Labute approximate surface area is 180 Å². The molecule has 1 aliphatic heterocycles. The van der Waals surface area contributed by atoms with Gasteiger partial charge in [-0.15, -0.1) is 11.8 Å². The van der Waals surface area contributed by atoms with Crippen LogP contribution in [-0.4, -0.2) is 62.3 Å². The maximum absolute atomic E-state index is 12.6. The summed E-state index contributed by atoms with van der Waals surface area (Å²) in [6, 6.07) is 3.65. The summed E-state index contributed by atoms with van der Waals surface area (Å²) in [6.07, 6.45) is 0.536. The van der Waals surface area contributed by atoms with Crippen LogP contribution < -0.4 is 9.47 Å². The highest BCUT2D eigenvalue weighted by molar-refractivity contribution is 9.10. The lowest BCUT2D eigenvalue weighted by atomic mass is 10.2. The molecule has 28 heavy (non-hydrogen) atoms. The quantitative estimate of drug-likeness (QED) is 0.496. The molecule has 0 unspecified atom stereocenters. The van der Waals surface area contributed by atoms with Crippen molar-refractivity contribution in [2.45, 2.75) is 39.0 Å². The number of nitrogens with zero attached hydrogens (tertiary/aromatic N) is 1. The zero-order valence-electron chi connectivity index (χ0n) is 16.6. The molecule has 0 bridgehead atoms. The van der Waals surface area contributed by atoms with Crippen molar-refractivity contribution in [3.05, 3.63) is 22.2 Å². The van der Waals surface area contributed by atoms with Crippen molar-refractivity contribution < 1.29 is 22.7 Å². The van der Waals surface area contributed by atoms with E-state index in [1.54, 1.807) is 4.90 Å². The molecular weight excluding hydrogens is 466 g/mol. The van der Waals surface area contributed by atoms with Crippen molar-refractivity contribution >= 4 is 43.4 Å². The van der Waals surface area contributed by atoms with E-state index in [1.165, 1.54) is 11.8 Å². The third-order valence-corrected chi connectivity index (χ3v) is 7.96. The number of hydrogen-bond donors (Lipinski definition) is 0. The van der Waals surface area contributed by atoms with Gasteiger partial charge in [0.05, 0.1) is 30.5 Å². The van der Waals surface area contributed by atoms with Gasteiger partial charge in [-0.1, -0.05) is 15.9 Å². The van der Waals surface area contributed by atoms with E-state index < -0.39 is 9.84 Å². The number of amides is 1. The lowest BCUT2D eigenvalue weighted by Crippen LogP contribution is -2.41. The molecule has 1 atom stereocenters. The van der Waals surface area contributed by atoms with Gasteiger partial charge in [0.1, 0.15) is 0 Å². The Kier molecular flexibility index (Phi) is 8.95. The molecule has 9 heteroatoms. The first-order valence-electron chi connectivity index (χ1n) is 9.46. The Balaban J connectivity index is 1.98. The van der Waals surface area contributed by atoms with Gasteiger partial charge in [-0.25, -0.2) is 8.42 Å². The fraction of sp³-hybridized carbons (Fsp3) is 0.632. The SMILES string of the molecule is CCOc1cc(Br)c(CSCC(=O)N(CC)[C@H]2CCS(=O)(=O)C2)cc1OCC. The predicted octanol–water partition coefficient (Wildman–Crippen LogP) is 3.52. The first-order chi connectivity index (χ1) is 13.3. The van der Waals surface area contributed by atoms with Crippen LogP contribution in [0.3, 0.4) is 0 Å². The van der Waals surface area contributed by atoms with Gasteiger partial charge in [0.15, 0.2) is 21.3 Å². The van der Waals surface area contributed by atoms with Crippen molar-refractivity contribution in [1.82, 2.24) is 4.90 Å². The Morgan fingerprint density at radius 3 is 2.39 bits per heavy atom. The topological polar surface area (TPSA) is 72.9 Å². The molecular formula is C19H28BrNO5S2. The van der Waals surface area contributed by atoms with Gasteiger partial charge in [-0.05, 0) is 44.9 Å². The number of halogens is 1. The van der Waals surface area contributed by atoms with E-state index in [4.69, 9.17) is 9.47 Å². The normalized spacial score (nSPS) is 18.1. The lowest BCUT2D eigenvalue weighted by Gasteiger charge is -2.26. The fourth-order valence-electron chi connectivity index (χ4n) is 3.22. The number of benzene rings is 1. The Bertz CT molecular complexity index is 785. The zero-order chi connectivity index (χ0) is 20.7. The first kappa shape index (κ1) is 23.3. The molecule has 6 nitrogen and oxygen atoms in total. The summed E-state index contributed by atoms with van der Waals surface area (Å²) >= 11 is 5.08. The molecule has 1 amide bonds. The summed E-state index contributed by atoms with van der Waals surface area (Å²) in [5, 5.41) is 0. The lowest BCUT2D eigenvalue weighted by molar-refractivity contribution is -0.129.